The van der Waals surface area contributed by atoms with Crippen LogP contribution in [0.5, 0.6) is 0 Å². The number of β-lactam (4-membered cyclic amide) rings is 1. The molecule has 5 rings (SSSR count). The molecule has 0 saturated carbocycles. The van der Waals surface area contributed by atoms with Gasteiger partial charge in [0.25, 0.3) is 11.8 Å². The number of aromatic amines is 1. The minimum atomic E-state index is -1.22. The number of rotatable bonds is 7. The summed E-state index contributed by atoms with van der Waals surface area (Å²) in [5.74, 6) is -0.418. The van der Waals surface area contributed by atoms with E-state index in [-0.39, 0.29) is 11.8 Å². The van der Waals surface area contributed by atoms with Crippen molar-refractivity contribution in [1.29, 1.82) is 0 Å². The second-order valence-electron chi connectivity index (χ2n) is 8.79. The van der Waals surface area contributed by atoms with Gasteiger partial charge < -0.3 is 15.2 Å². The van der Waals surface area contributed by atoms with E-state index in [4.69, 9.17) is 0 Å². The number of hydrogen-bond donors (Lipinski definition) is 2. The van der Waals surface area contributed by atoms with E-state index in [0.717, 1.165) is 33.2 Å². The highest BCUT2D eigenvalue weighted by molar-refractivity contribution is 6.14. The normalized spacial score (nSPS) is 17.6. The van der Waals surface area contributed by atoms with E-state index in [1.165, 1.54) is 0 Å². The number of H-pyrrole nitrogens is 1. The van der Waals surface area contributed by atoms with Crippen LogP contribution >= 0.6 is 0 Å². The maximum absolute atomic E-state index is 13.8. The zero-order valence-corrected chi connectivity index (χ0v) is 19.2. The third-order valence-electron chi connectivity index (χ3n) is 6.72. The predicted octanol–water partition coefficient (Wildman–Crippen LogP) is 4.63. The average Bonchev–Trinajstić information content (AvgIpc) is 3.29. The molecule has 0 spiro atoms. The molecular weight excluding hydrogens is 422 g/mol. The number of aryl methyl sites for hydroxylation is 1. The first-order chi connectivity index (χ1) is 16.5. The van der Waals surface area contributed by atoms with E-state index >= 15 is 0 Å². The number of likely N-dealkylation sites (tertiary alicyclic amines) is 1. The molecule has 2 amide bonds. The molecule has 1 saturated heterocycles. The Balaban J connectivity index is 1.46. The second kappa shape index (κ2) is 8.67. The second-order valence-corrected chi connectivity index (χ2v) is 8.79. The highest BCUT2D eigenvalue weighted by Crippen LogP contribution is 2.46. The van der Waals surface area contributed by atoms with E-state index in [0.29, 0.717) is 25.1 Å². The summed E-state index contributed by atoms with van der Waals surface area (Å²) < 4.78 is 0. The molecule has 0 bridgehead atoms. The molecule has 170 valence electrons. The lowest BCUT2D eigenvalue weighted by Gasteiger charge is -2.52. The average molecular weight is 450 g/mol. The van der Waals surface area contributed by atoms with Crippen LogP contribution in [0.4, 0.5) is 0 Å². The first-order valence-corrected chi connectivity index (χ1v) is 11.5. The van der Waals surface area contributed by atoms with E-state index in [9.17, 15) is 9.59 Å². The van der Waals surface area contributed by atoms with Gasteiger partial charge in [-0.2, -0.15) is 0 Å². The Hall–Kier alpha value is -4.12. The Labute approximate surface area is 199 Å². The molecule has 5 heteroatoms. The Bertz CT molecular complexity index is 1370. The van der Waals surface area contributed by atoms with E-state index < -0.39 is 5.54 Å². The quantitative estimate of drug-likeness (QED) is 0.319. The van der Waals surface area contributed by atoms with Crippen LogP contribution in [0.2, 0.25) is 0 Å². The summed E-state index contributed by atoms with van der Waals surface area (Å²) in [7, 11) is 0. The third kappa shape index (κ3) is 3.50. The number of fused-ring (bicyclic) bond motifs is 1. The van der Waals surface area contributed by atoms with Crippen LogP contribution in [0.25, 0.3) is 10.9 Å². The third-order valence-corrected chi connectivity index (χ3v) is 6.72. The molecule has 1 aliphatic heterocycles. The number of amides is 2. The highest BCUT2D eigenvalue weighted by atomic mass is 16.2. The van der Waals surface area contributed by atoms with Gasteiger partial charge >= 0.3 is 0 Å². The predicted molar refractivity (Wildman–Crippen MR) is 134 cm³/mol. The van der Waals surface area contributed by atoms with Crippen LogP contribution in [-0.4, -0.2) is 28.2 Å². The number of aromatic nitrogens is 1. The van der Waals surface area contributed by atoms with Crippen molar-refractivity contribution in [1.82, 2.24) is 15.2 Å². The molecule has 4 aromatic rings. The van der Waals surface area contributed by atoms with Crippen molar-refractivity contribution in [3.63, 3.8) is 0 Å². The van der Waals surface area contributed by atoms with Gasteiger partial charge in [0.15, 0.2) is 5.54 Å². The van der Waals surface area contributed by atoms with E-state index in [1.807, 2.05) is 85.9 Å². The summed E-state index contributed by atoms with van der Waals surface area (Å²) in [6.07, 6.45) is 2.61. The fraction of sp³-hybridized carbons (Fsp3) is 0.172. The molecule has 1 aliphatic rings. The summed E-state index contributed by atoms with van der Waals surface area (Å²) in [6.45, 7) is 6.85. The zero-order valence-electron chi connectivity index (χ0n) is 19.2. The monoisotopic (exact) mass is 449 g/mol. The van der Waals surface area contributed by atoms with Gasteiger partial charge in [0.1, 0.15) is 0 Å². The minimum absolute atomic E-state index is 0.185. The van der Waals surface area contributed by atoms with Crippen molar-refractivity contribution >= 4 is 22.7 Å². The summed E-state index contributed by atoms with van der Waals surface area (Å²) in [4.78, 5) is 31.8. The zero-order chi connectivity index (χ0) is 23.7. The van der Waals surface area contributed by atoms with Crippen LogP contribution in [-0.2, 0) is 28.1 Å². The Morgan fingerprint density at radius 1 is 1.00 bits per heavy atom. The number of nitrogens with zero attached hydrogens (tertiary/aromatic N) is 1. The molecule has 2 N–H and O–H groups in total. The molecule has 1 unspecified atom stereocenters. The first-order valence-electron chi connectivity index (χ1n) is 11.5. The summed E-state index contributed by atoms with van der Waals surface area (Å²) in [6, 6.07) is 25.6. The smallest absolute Gasteiger partial charge is 0.255 e. The molecular formula is C29H27N3O2. The number of carbonyl (C=O) groups is 2. The summed E-state index contributed by atoms with van der Waals surface area (Å²) in [5.41, 5.74) is 4.10. The molecule has 1 aromatic heterocycles. The lowest BCUT2D eigenvalue weighted by molar-refractivity contribution is -0.156. The molecule has 5 nitrogen and oxygen atoms in total. The van der Waals surface area contributed by atoms with Crippen LogP contribution in [0.3, 0.4) is 0 Å². The molecule has 1 atom stereocenters. The van der Waals surface area contributed by atoms with E-state index in [1.54, 1.807) is 4.90 Å². The molecule has 1 fully saturated rings. The topological polar surface area (TPSA) is 65.2 Å². The van der Waals surface area contributed by atoms with Gasteiger partial charge in [-0.15, -0.1) is 0 Å². The van der Waals surface area contributed by atoms with Crippen molar-refractivity contribution in [2.45, 2.75) is 25.4 Å². The molecule has 0 radical (unpaired) electrons. The van der Waals surface area contributed by atoms with E-state index in [2.05, 4.69) is 22.9 Å². The number of hydrogen-bond acceptors (Lipinski definition) is 2. The molecule has 3 aromatic carbocycles. The fourth-order valence-corrected chi connectivity index (χ4v) is 4.84. The highest BCUT2D eigenvalue weighted by Gasteiger charge is 2.60. The molecule has 2 heterocycles. The number of carbonyl (C=O) groups excluding carboxylic acids is 2. The summed E-state index contributed by atoms with van der Waals surface area (Å²) in [5, 5.41) is 4.19. The summed E-state index contributed by atoms with van der Waals surface area (Å²) >= 11 is 0. The van der Waals surface area contributed by atoms with Crippen molar-refractivity contribution in [3.05, 3.63) is 119 Å². The van der Waals surface area contributed by atoms with Crippen molar-refractivity contribution in [2.24, 2.45) is 0 Å². The van der Waals surface area contributed by atoms with Gasteiger partial charge in [0.2, 0.25) is 0 Å². The maximum Gasteiger partial charge on any atom is 0.255 e. The van der Waals surface area contributed by atoms with Crippen LogP contribution in [0.15, 0.2) is 97.2 Å². The van der Waals surface area contributed by atoms with Crippen LogP contribution < -0.4 is 5.32 Å². The van der Waals surface area contributed by atoms with Crippen molar-refractivity contribution in [3.8, 4) is 0 Å². The maximum atomic E-state index is 13.8. The Morgan fingerprint density at radius 3 is 2.47 bits per heavy atom. The van der Waals surface area contributed by atoms with Crippen LogP contribution in [0, 0.1) is 6.92 Å². The molecule has 34 heavy (non-hydrogen) atoms. The Kier molecular flexibility index (Phi) is 5.54. The van der Waals surface area contributed by atoms with Gasteiger partial charge in [0, 0.05) is 35.8 Å². The lowest BCUT2D eigenvalue weighted by atomic mass is 9.72. The van der Waals surface area contributed by atoms with Crippen molar-refractivity contribution < 1.29 is 9.59 Å². The molecule has 0 aliphatic carbocycles. The number of nitrogens with one attached hydrogen (secondary N) is 2. The van der Waals surface area contributed by atoms with Crippen LogP contribution in [0.1, 0.15) is 22.3 Å². The fourth-order valence-electron chi connectivity index (χ4n) is 4.84. The number of para-hydroxylation sites is 1. The van der Waals surface area contributed by atoms with Gasteiger partial charge in [-0.05, 0) is 36.1 Å². The van der Waals surface area contributed by atoms with Gasteiger partial charge in [-0.1, -0.05) is 84.9 Å². The van der Waals surface area contributed by atoms with Gasteiger partial charge in [0.05, 0.1) is 0 Å². The van der Waals surface area contributed by atoms with Crippen molar-refractivity contribution in [2.75, 3.05) is 6.54 Å². The standard InChI is InChI=1S/C29H27N3O2/c1-20-12-14-24(15-13-20)29(28(34)31-18-22-8-4-3-5-9-22)21(2)27(33)32(29)17-16-23-19-30-26-11-7-6-10-25(23)26/h3-15,19,30H,2,16-18H2,1H3,(H,31,34). The SMILES string of the molecule is C=C1C(=O)N(CCc2c[nH]c3ccccc23)C1(C(=O)NCc1ccccc1)c1ccc(C)cc1. The largest absolute Gasteiger partial charge is 0.361 e. The van der Waals surface area contributed by atoms with Gasteiger partial charge in [-0.3, -0.25) is 9.59 Å². The lowest BCUT2D eigenvalue weighted by Crippen LogP contribution is -2.69. The Morgan fingerprint density at radius 2 is 1.71 bits per heavy atom. The minimum Gasteiger partial charge on any atom is -0.361 e. The van der Waals surface area contributed by atoms with Gasteiger partial charge in [-0.25, -0.2) is 0 Å². The first kappa shape index (κ1) is 21.7. The number of benzene rings is 3.